The first-order valence-electron chi connectivity index (χ1n) is 8.44. The molecule has 0 spiro atoms. The van der Waals surface area contributed by atoms with Crippen LogP contribution in [0.15, 0.2) is 71.9 Å². The summed E-state index contributed by atoms with van der Waals surface area (Å²) in [6, 6.07) is 15.8. The Morgan fingerprint density at radius 2 is 1.82 bits per heavy atom. The number of hydrogen-bond donors (Lipinski definition) is 0. The molecule has 0 bridgehead atoms. The van der Waals surface area contributed by atoms with Crippen molar-refractivity contribution in [1.29, 1.82) is 0 Å². The van der Waals surface area contributed by atoms with Gasteiger partial charge in [-0.05, 0) is 42.5 Å². The van der Waals surface area contributed by atoms with Gasteiger partial charge in [-0.25, -0.2) is 14.1 Å². The van der Waals surface area contributed by atoms with Gasteiger partial charge in [-0.2, -0.15) is 14.7 Å². The molecule has 0 unspecified atom stereocenters. The van der Waals surface area contributed by atoms with E-state index in [2.05, 4.69) is 15.2 Å². The summed E-state index contributed by atoms with van der Waals surface area (Å²) in [6.07, 6.45) is 4.98. The molecule has 0 aliphatic rings. The SMILES string of the molecule is O=c1/c(=C/c2cn(-c3ccccc3)nc2-c2ccc(F)cc2)sc2ncnn12. The molecule has 0 saturated heterocycles. The molecule has 0 N–H and O–H groups in total. The molecule has 0 aliphatic carbocycles. The lowest BCUT2D eigenvalue weighted by molar-refractivity contribution is 0.628. The summed E-state index contributed by atoms with van der Waals surface area (Å²) < 4.78 is 16.9. The lowest BCUT2D eigenvalue weighted by Gasteiger charge is -2.00. The summed E-state index contributed by atoms with van der Waals surface area (Å²) in [5.74, 6) is -0.316. The van der Waals surface area contributed by atoms with Crippen molar-refractivity contribution in [3.8, 4) is 16.9 Å². The molecule has 0 radical (unpaired) electrons. The first kappa shape index (κ1) is 16.5. The van der Waals surface area contributed by atoms with E-state index in [1.165, 1.54) is 34.3 Å². The van der Waals surface area contributed by atoms with Gasteiger partial charge in [0.15, 0.2) is 0 Å². The third-order valence-electron chi connectivity index (χ3n) is 4.29. The molecule has 8 heteroatoms. The number of halogens is 1. The lowest BCUT2D eigenvalue weighted by Crippen LogP contribution is -2.23. The summed E-state index contributed by atoms with van der Waals surface area (Å²) in [7, 11) is 0. The van der Waals surface area contributed by atoms with Gasteiger partial charge in [0, 0.05) is 17.3 Å². The second-order valence-corrected chi connectivity index (χ2v) is 7.10. The van der Waals surface area contributed by atoms with Crippen LogP contribution in [0.2, 0.25) is 0 Å². The first-order valence-corrected chi connectivity index (χ1v) is 9.26. The van der Waals surface area contributed by atoms with Gasteiger partial charge in [-0.1, -0.05) is 29.5 Å². The molecule has 2 aromatic carbocycles. The maximum absolute atomic E-state index is 13.4. The fourth-order valence-corrected chi connectivity index (χ4v) is 3.83. The van der Waals surface area contributed by atoms with Crippen molar-refractivity contribution in [3.05, 3.63) is 93.4 Å². The van der Waals surface area contributed by atoms with E-state index in [4.69, 9.17) is 0 Å². The summed E-state index contributed by atoms with van der Waals surface area (Å²) in [6.45, 7) is 0. The topological polar surface area (TPSA) is 65.1 Å². The number of thiazole rings is 1. The standard InChI is InChI=1S/C20H12FN5OS/c21-15-8-6-13(7-9-15)18-14(11-25(24-18)16-4-2-1-3-5-16)10-17-19(27)26-20(28-17)22-12-23-26/h1-12H/b17-10-. The van der Waals surface area contributed by atoms with Gasteiger partial charge in [0.25, 0.3) is 5.56 Å². The van der Waals surface area contributed by atoms with Gasteiger partial charge >= 0.3 is 0 Å². The molecule has 3 heterocycles. The Morgan fingerprint density at radius 3 is 2.57 bits per heavy atom. The van der Waals surface area contributed by atoms with Gasteiger partial charge in [0.05, 0.1) is 10.2 Å². The minimum atomic E-state index is -0.316. The Bertz CT molecular complexity index is 1390. The molecule has 0 fully saturated rings. The van der Waals surface area contributed by atoms with Crippen LogP contribution < -0.4 is 10.1 Å². The van der Waals surface area contributed by atoms with Crippen LogP contribution in [0, 0.1) is 5.82 Å². The number of benzene rings is 2. The predicted molar refractivity (Wildman–Crippen MR) is 105 cm³/mol. The van der Waals surface area contributed by atoms with Crippen molar-refractivity contribution in [3.63, 3.8) is 0 Å². The highest BCUT2D eigenvalue weighted by atomic mass is 32.1. The van der Waals surface area contributed by atoms with Crippen LogP contribution in [0.5, 0.6) is 0 Å². The highest BCUT2D eigenvalue weighted by Crippen LogP contribution is 2.24. The van der Waals surface area contributed by atoms with Gasteiger partial charge in [0.1, 0.15) is 17.8 Å². The summed E-state index contributed by atoms with van der Waals surface area (Å²) in [5, 5.41) is 8.62. The second kappa shape index (κ2) is 6.50. The van der Waals surface area contributed by atoms with E-state index in [0.717, 1.165) is 16.8 Å². The van der Waals surface area contributed by atoms with Crippen LogP contribution in [0.25, 0.3) is 28.0 Å². The Hall–Kier alpha value is -3.65. The zero-order chi connectivity index (χ0) is 19.1. The maximum Gasteiger partial charge on any atom is 0.291 e. The number of fused-ring (bicyclic) bond motifs is 1. The Morgan fingerprint density at radius 1 is 1.04 bits per heavy atom. The van der Waals surface area contributed by atoms with Gasteiger partial charge in [0.2, 0.25) is 4.96 Å². The Kier molecular flexibility index (Phi) is 3.84. The van der Waals surface area contributed by atoms with Crippen LogP contribution in [0.1, 0.15) is 5.56 Å². The van der Waals surface area contributed by atoms with E-state index in [9.17, 15) is 9.18 Å². The molecule has 6 nitrogen and oxygen atoms in total. The van der Waals surface area contributed by atoms with E-state index < -0.39 is 0 Å². The molecule has 28 heavy (non-hydrogen) atoms. The summed E-state index contributed by atoms with van der Waals surface area (Å²) in [5.41, 5.74) is 2.82. The summed E-state index contributed by atoms with van der Waals surface area (Å²) in [4.78, 5) is 17.1. The van der Waals surface area contributed by atoms with Crippen molar-refractivity contribution < 1.29 is 4.39 Å². The van der Waals surface area contributed by atoms with Crippen molar-refractivity contribution in [1.82, 2.24) is 24.4 Å². The van der Waals surface area contributed by atoms with Crippen LogP contribution in [-0.2, 0) is 0 Å². The number of hydrogen-bond acceptors (Lipinski definition) is 5. The Labute approximate surface area is 161 Å². The van der Waals surface area contributed by atoms with Crippen molar-refractivity contribution in [2.75, 3.05) is 0 Å². The normalized spacial score (nSPS) is 12.1. The molecule has 0 atom stereocenters. The van der Waals surface area contributed by atoms with Crippen molar-refractivity contribution in [2.45, 2.75) is 0 Å². The molecule has 3 aromatic heterocycles. The van der Waals surface area contributed by atoms with Gasteiger partial charge < -0.3 is 0 Å². The number of nitrogens with zero attached hydrogens (tertiary/aromatic N) is 5. The van der Waals surface area contributed by atoms with Crippen molar-refractivity contribution in [2.24, 2.45) is 0 Å². The minimum Gasteiger partial charge on any atom is -0.266 e. The zero-order valence-electron chi connectivity index (χ0n) is 14.4. The van der Waals surface area contributed by atoms with E-state index >= 15 is 0 Å². The molecule has 136 valence electrons. The minimum absolute atomic E-state index is 0.227. The third-order valence-corrected chi connectivity index (χ3v) is 5.26. The molecule has 0 saturated carbocycles. The van der Waals surface area contributed by atoms with E-state index in [1.807, 2.05) is 36.5 Å². The van der Waals surface area contributed by atoms with Gasteiger partial charge in [-0.15, -0.1) is 0 Å². The van der Waals surface area contributed by atoms with E-state index in [0.29, 0.717) is 15.2 Å². The Balaban J connectivity index is 1.73. The summed E-state index contributed by atoms with van der Waals surface area (Å²) >= 11 is 1.26. The van der Waals surface area contributed by atoms with Crippen LogP contribution in [0.4, 0.5) is 4.39 Å². The van der Waals surface area contributed by atoms with E-state index in [1.54, 1.807) is 22.9 Å². The molecule has 5 rings (SSSR count). The lowest BCUT2D eigenvalue weighted by atomic mass is 10.1. The monoisotopic (exact) mass is 389 g/mol. The maximum atomic E-state index is 13.4. The second-order valence-electron chi connectivity index (χ2n) is 6.09. The first-order chi connectivity index (χ1) is 13.7. The highest BCUT2D eigenvalue weighted by Gasteiger charge is 2.13. The quantitative estimate of drug-likeness (QED) is 0.476. The van der Waals surface area contributed by atoms with Gasteiger partial charge in [-0.3, -0.25) is 4.79 Å². The van der Waals surface area contributed by atoms with Crippen LogP contribution in [-0.4, -0.2) is 24.4 Å². The fraction of sp³-hybridized carbons (Fsp3) is 0. The highest BCUT2D eigenvalue weighted by molar-refractivity contribution is 7.15. The largest absolute Gasteiger partial charge is 0.291 e. The van der Waals surface area contributed by atoms with Crippen LogP contribution >= 0.6 is 11.3 Å². The molecular weight excluding hydrogens is 377 g/mol. The third kappa shape index (κ3) is 2.80. The number of rotatable bonds is 3. The smallest absolute Gasteiger partial charge is 0.266 e. The molecule has 5 aromatic rings. The van der Waals surface area contributed by atoms with Crippen molar-refractivity contribution >= 4 is 22.4 Å². The average Bonchev–Trinajstić information content (AvgIpc) is 3.41. The predicted octanol–water partition coefficient (Wildman–Crippen LogP) is 2.69. The van der Waals surface area contributed by atoms with E-state index in [-0.39, 0.29) is 11.4 Å². The number of aromatic nitrogens is 5. The van der Waals surface area contributed by atoms with Crippen LogP contribution in [0.3, 0.4) is 0 Å². The molecule has 0 amide bonds. The zero-order valence-corrected chi connectivity index (χ0v) is 15.2. The fourth-order valence-electron chi connectivity index (χ4n) is 2.96. The molecular formula is C20H12FN5OS. The average molecular weight is 389 g/mol. The molecule has 0 aliphatic heterocycles. The number of para-hydroxylation sites is 1.